The first-order valence-electron chi connectivity index (χ1n) is 8.39. The van der Waals surface area contributed by atoms with Gasteiger partial charge in [-0.15, -0.1) is 0 Å². The van der Waals surface area contributed by atoms with Crippen molar-refractivity contribution in [1.29, 1.82) is 0 Å². The summed E-state index contributed by atoms with van der Waals surface area (Å²) in [6.45, 7) is 5.74. The van der Waals surface area contributed by atoms with E-state index in [-0.39, 0.29) is 24.5 Å². The molecular weight excluding hydrogens is 316 g/mol. The number of anilines is 1. The number of aryl methyl sites for hydroxylation is 1. The Balaban J connectivity index is 2.01. The van der Waals surface area contributed by atoms with Gasteiger partial charge in [0, 0.05) is 6.04 Å². The molecule has 0 aliphatic carbocycles. The Morgan fingerprint density at radius 2 is 1.76 bits per heavy atom. The van der Waals surface area contributed by atoms with Gasteiger partial charge in [-0.2, -0.15) is 0 Å². The van der Waals surface area contributed by atoms with Crippen molar-refractivity contribution in [3.8, 4) is 5.75 Å². The fourth-order valence-electron chi connectivity index (χ4n) is 2.24. The lowest BCUT2D eigenvalue weighted by Gasteiger charge is -2.15. The van der Waals surface area contributed by atoms with Crippen molar-refractivity contribution < 1.29 is 14.3 Å². The van der Waals surface area contributed by atoms with Crippen molar-refractivity contribution in [2.45, 2.75) is 33.2 Å². The van der Waals surface area contributed by atoms with Gasteiger partial charge in [0.15, 0.2) is 6.61 Å². The second-order valence-electron chi connectivity index (χ2n) is 5.93. The van der Waals surface area contributed by atoms with E-state index >= 15 is 0 Å². The summed E-state index contributed by atoms with van der Waals surface area (Å²) in [5.74, 6) is 0.151. The van der Waals surface area contributed by atoms with Crippen molar-refractivity contribution in [3.63, 3.8) is 0 Å². The standard InChI is InChI=1S/C20H24N2O3/c1-4-15(3)21-20(24)16-10-6-7-11-17(16)22-19(23)13-25-18-12-8-5-9-14(18)2/h5-12,15H,4,13H2,1-3H3,(H,21,24)(H,22,23). The lowest BCUT2D eigenvalue weighted by Crippen LogP contribution is -2.33. The van der Waals surface area contributed by atoms with Crippen molar-refractivity contribution in [2.24, 2.45) is 0 Å². The Bertz CT molecular complexity index is 743. The van der Waals surface area contributed by atoms with Crippen LogP contribution in [0.2, 0.25) is 0 Å². The number of para-hydroxylation sites is 2. The SMILES string of the molecule is CCC(C)NC(=O)c1ccccc1NC(=O)COc1ccccc1C. The van der Waals surface area contributed by atoms with E-state index in [0.29, 0.717) is 17.0 Å². The van der Waals surface area contributed by atoms with Crippen LogP contribution in [0.5, 0.6) is 5.75 Å². The van der Waals surface area contributed by atoms with Crippen LogP contribution in [0.15, 0.2) is 48.5 Å². The summed E-state index contributed by atoms with van der Waals surface area (Å²) in [5.41, 5.74) is 1.87. The molecule has 0 fully saturated rings. The third kappa shape index (κ3) is 5.35. The van der Waals surface area contributed by atoms with E-state index in [1.54, 1.807) is 24.3 Å². The topological polar surface area (TPSA) is 67.4 Å². The molecule has 2 aromatic rings. The smallest absolute Gasteiger partial charge is 0.262 e. The van der Waals surface area contributed by atoms with Gasteiger partial charge in [0.1, 0.15) is 5.75 Å². The van der Waals surface area contributed by atoms with E-state index in [1.807, 2.05) is 45.0 Å². The number of carbonyl (C=O) groups is 2. The van der Waals surface area contributed by atoms with Crippen molar-refractivity contribution in [1.82, 2.24) is 5.32 Å². The summed E-state index contributed by atoms with van der Waals surface area (Å²) in [7, 11) is 0. The van der Waals surface area contributed by atoms with Gasteiger partial charge in [0.2, 0.25) is 0 Å². The van der Waals surface area contributed by atoms with Gasteiger partial charge in [-0.25, -0.2) is 0 Å². The zero-order valence-corrected chi connectivity index (χ0v) is 14.8. The minimum atomic E-state index is -0.313. The molecular formula is C20H24N2O3. The first kappa shape index (κ1) is 18.5. The first-order chi connectivity index (χ1) is 12.0. The lowest BCUT2D eigenvalue weighted by molar-refractivity contribution is -0.118. The Morgan fingerprint density at radius 1 is 1.08 bits per heavy atom. The van der Waals surface area contributed by atoms with E-state index in [0.717, 1.165) is 12.0 Å². The maximum atomic E-state index is 12.3. The van der Waals surface area contributed by atoms with Crippen LogP contribution in [0.1, 0.15) is 36.2 Å². The van der Waals surface area contributed by atoms with Crippen molar-refractivity contribution in [2.75, 3.05) is 11.9 Å². The molecule has 2 aromatic carbocycles. The van der Waals surface area contributed by atoms with Gasteiger partial charge in [0.05, 0.1) is 11.3 Å². The third-order valence-corrected chi connectivity index (χ3v) is 3.89. The van der Waals surface area contributed by atoms with Crippen LogP contribution >= 0.6 is 0 Å². The molecule has 0 radical (unpaired) electrons. The molecule has 0 aliphatic rings. The molecule has 25 heavy (non-hydrogen) atoms. The summed E-state index contributed by atoms with van der Waals surface area (Å²) >= 11 is 0. The molecule has 0 spiro atoms. The molecule has 0 heterocycles. The van der Waals surface area contributed by atoms with Crippen LogP contribution in [0, 0.1) is 6.92 Å². The molecule has 2 N–H and O–H groups in total. The maximum absolute atomic E-state index is 12.3. The quantitative estimate of drug-likeness (QED) is 0.810. The highest BCUT2D eigenvalue weighted by Gasteiger charge is 2.14. The molecule has 0 aliphatic heterocycles. The van der Waals surface area contributed by atoms with E-state index in [4.69, 9.17) is 4.74 Å². The van der Waals surface area contributed by atoms with E-state index in [2.05, 4.69) is 10.6 Å². The van der Waals surface area contributed by atoms with Gasteiger partial charge in [-0.05, 0) is 44.0 Å². The highest BCUT2D eigenvalue weighted by Crippen LogP contribution is 2.17. The monoisotopic (exact) mass is 340 g/mol. The summed E-state index contributed by atoms with van der Waals surface area (Å²) in [6.07, 6.45) is 0.838. The average Bonchev–Trinajstić information content (AvgIpc) is 2.61. The Kier molecular flexibility index (Phi) is 6.57. The number of hydrogen-bond donors (Lipinski definition) is 2. The number of benzene rings is 2. The Hall–Kier alpha value is -2.82. The molecule has 0 saturated heterocycles. The number of amides is 2. The molecule has 0 bridgehead atoms. The molecule has 0 saturated carbocycles. The lowest BCUT2D eigenvalue weighted by atomic mass is 10.1. The van der Waals surface area contributed by atoms with Gasteiger partial charge < -0.3 is 15.4 Å². The highest BCUT2D eigenvalue weighted by molar-refractivity contribution is 6.04. The van der Waals surface area contributed by atoms with E-state index in [1.165, 1.54) is 0 Å². The maximum Gasteiger partial charge on any atom is 0.262 e. The molecule has 0 aromatic heterocycles. The van der Waals surface area contributed by atoms with Crippen LogP contribution in [-0.4, -0.2) is 24.5 Å². The van der Waals surface area contributed by atoms with Crippen LogP contribution in [0.4, 0.5) is 5.69 Å². The summed E-state index contributed by atoms with van der Waals surface area (Å²) in [4.78, 5) is 24.5. The summed E-state index contributed by atoms with van der Waals surface area (Å²) in [6, 6.07) is 14.5. The van der Waals surface area contributed by atoms with Crippen LogP contribution in [0.25, 0.3) is 0 Å². The largest absolute Gasteiger partial charge is 0.483 e. The second kappa shape index (κ2) is 8.87. The molecule has 5 nitrogen and oxygen atoms in total. The minimum absolute atomic E-state index is 0.0700. The van der Waals surface area contributed by atoms with Crippen LogP contribution in [-0.2, 0) is 4.79 Å². The van der Waals surface area contributed by atoms with Crippen LogP contribution < -0.4 is 15.4 Å². The zero-order chi connectivity index (χ0) is 18.2. The third-order valence-electron chi connectivity index (χ3n) is 3.89. The van der Waals surface area contributed by atoms with Gasteiger partial charge >= 0.3 is 0 Å². The van der Waals surface area contributed by atoms with Crippen LogP contribution in [0.3, 0.4) is 0 Å². The highest BCUT2D eigenvalue weighted by atomic mass is 16.5. The van der Waals surface area contributed by atoms with Crippen molar-refractivity contribution >= 4 is 17.5 Å². The molecule has 1 unspecified atom stereocenters. The van der Waals surface area contributed by atoms with Gasteiger partial charge in [-0.3, -0.25) is 9.59 Å². The molecule has 132 valence electrons. The van der Waals surface area contributed by atoms with Gasteiger partial charge in [0.25, 0.3) is 11.8 Å². The predicted octanol–water partition coefficient (Wildman–Crippen LogP) is 3.54. The molecule has 5 heteroatoms. The van der Waals surface area contributed by atoms with E-state index in [9.17, 15) is 9.59 Å². The number of nitrogens with one attached hydrogen (secondary N) is 2. The van der Waals surface area contributed by atoms with Gasteiger partial charge in [-0.1, -0.05) is 37.3 Å². The fraction of sp³-hybridized carbons (Fsp3) is 0.300. The minimum Gasteiger partial charge on any atom is -0.483 e. The number of ether oxygens (including phenoxy) is 1. The van der Waals surface area contributed by atoms with E-state index < -0.39 is 0 Å². The second-order valence-corrected chi connectivity index (χ2v) is 5.93. The number of hydrogen-bond acceptors (Lipinski definition) is 3. The van der Waals surface area contributed by atoms with Crippen molar-refractivity contribution in [3.05, 3.63) is 59.7 Å². The predicted molar refractivity (Wildman–Crippen MR) is 99.0 cm³/mol. The Labute approximate surface area is 148 Å². The first-order valence-corrected chi connectivity index (χ1v) is 8.39. The molecule has 1 atom stereocenters. The zero-order valence-electron chi connectivity index (χ0n) is 14.8. The Morgan fingerprint density at radius 3 is 2.48 bits per heavy atom. The normalized spacial score (nSPS) is 11.5. The number of rotatable bonds is 7. The fourth-order valence-corrected chi connectivity index (χ4v) is 2.24. The number of carbonyl (C=O) groups excluding carboxylic acids is 2. The molecule has 2 rings (SSSR count). The average molecular weight is 340 g/mol. The molecule has 2 amide bonds. The summed E-state index contributed by atoms with van der Waals surface area (Å²) < 4.78 is 5.54. The summed E-state index contributed by atoms with van der Waals surface area (Å²) in [5, 5.41) is 5.65.